The van der Waals surface area contributed by atoms with E-state index in [1.54, 1.807) is 7.05 Å². The summed E-state index contributed by atoms with van der Waals surface area (Å²) in [6, 6.07) is 5.77. The molecule has 0 aromatic heterocycles. The zero-order valence-corrected chi connectivity index (χ0v) is 7.88. The van der Waals surface area contributed by atoms with E-state index in [0.29, 0.717) is 18.9 Å². The van der Waals surface area contributed by atoms with Crippen LogP contribution >= 0.6 is 0 Å². The van der Waals surface area contributed by atoms with Crippen LogP contribution in [0.5, 0.6) is 5.75 Å². The summed E-state index contributed by atoms with van der Waals surface area (Å²) in [4.78, 5) is 0. The molecule has 0 aliphatic carbocycles. The maximum Gasteiger partial charge on any atom is 0.137 e. The van der Waals surface area contributed by atoms with Gasteiger partial charge in [0.05, 0.1) is 5.56 Å². The molecule has 0 fully saturated rings. The molecule has 1 aromatic carbocycles. The minimum Gasteiger partial charge on any atom is -0.491 e. The molecule has 1 rings (SSSR count). The number of halogens is 1. The molecule has 74 valence electrons. The van der Waals surface area contributed by atoms with Crippen LogP contribution in [0.25, 0.3) is 0 Å². The molecule has 1 N–H and O–H groups in total. The number of hydrogen-bond acceptors (Lipinski definition) is 3. The van der Waals surface area contributed by atoms with Crippen LogP contribution in [0.15, 0.2) is 18.2 Å². The predicted molar refractivity (Wildman–Crippen MR) is 50.5 cm³/mol. The normalized spacial score (nSPS) is 9.50. The average molecular weight is 194 g/mol. The summed E-state index contributed by atoms with van der Waals surface area (Å²) in [6.07, 6.45) is 0. The third-order valence-corrected chi connectivity index (χ3v) is 1.67. The molecule has 0 heterocycles. The number of nitriles is 1. The number of hydrogen-bond donors (Lipinski definition) is 1. The predicted octanol–water partition coefficient (Wildman–Crippen LogP) is 1.30. The van der Waals surface area contributed by atoms with Crippen molar-refractivity contribution in [2.45, 2.75) is 0 Å². The molecule has 0 saturated heterocycles. The fourth-order valence-electron chi connectivity index (χ4n) is 0.978. The number of nitrogens with one attached hydrogen (secondary N) is 1. The van der Waals surface area contributed by atoms with Crippen molar-refractivity contribution in [1.82, 2.24) is 5.32 Å². The van der Waals surface area contributed by atoms with Crippen LogP contribution in [0.1, 0.15) is 5.56 Å². The Morgan fingerprint density at radius 3 is 3.00 bits per heavy atom. The Bertz CT molecular complexity index is 346. The quantitative estimate of drug-likeness (QED) is 0.735. The van der Waals surface area contributed by atoms with Crippen molar-refractivity contribution in [2.75, 3.05) is 20.2 Å². The van der Waals surface area contributed by atoms with Gasteiger partial charge in [0.1, 0.15) is 24.2 Å². The van der Waals surface area contributed by atoms with E-state index in [1.165, 1.54) is 12.1 Å². The average Bonchev–Trinajstić information content (AvgIpc) is 2.20. The highest BCUT2D eigenvalue weighted by molar-refractivity contribution is 5.42. The van der Waals surface area contributed by atoms with Crippen molar-refractivity contribution in [3.05, 3.63) is 29.6 Å². The second kappa shape index (κ2) is 5.20. The van der Waals surface area contributed by atoms with Crippen molar-refractivity contribution in [2.24, 2.45) is 0 Å². The molecular weight excluding hydrogens is 183 g/mol. The third-order valence-electron chi connectivity index (χ3n) is 1.67. The van der Waals surface area contributed by atoms with E-state index in [4.69, 9.17) is 10.00 Å². The molecule has 0 aliphatic rings. The zero-order chi connectivity index (χ0) is 10.4. The monoisotopic (exact) mass is 194 g/mol. The highest BCUT2D eigenvalue weighted by Gasteiger charge is 2.03. The highest BCUT2D eigenvalue weighted by atomic mass is 19.1. The van der Waals surface area contributed by atoms with Gasteiger partial charge in [0.25, 0.3) is 0 Å². The van der Waals surface area contributed by atoms with Gasteiger partial charge in [-0.2, -0.15) is 5.26 Å². The lowest BCUT2D eigenvalue weighted by Gasteiger charge is -2.06. The number of likely N-dealkylation sites (N-methyl/N-ethyl adjacent to an activating group) is 1. The summed E-state index contributed by atoms with van der Waals surface area (Å²) < 4.78 is 18.0. The summed E-state index contributed by atoms with van der Waals surface area (Å²) in [5, 5.41) is 11.6. The van der Waals surface area contributed by atoms with E-state index in [2.05, 4.69) is 5.32 Å². The molecule has 0 amide bonds. The lowest BCUT2D eigenvalue weighted by Crippen LogP contribution is -2.16. The van der Waals surface area contributed by atoms with Crippen molar-refractivity contribution < 1.29 is 9.13 Å². The Kier molecular flexibility index (Phi) is 3.89. The molecule has 3 nitrogen and oxygen atoms in total. The van der Waals surface area contributed by atoms with E-state index >= 15 is 0 Å². The molecule has 0 bridgehead atoms. The van der Waals surface area contributed by atoms with Gasteiger partial charge < -0.3 is 10.1 Å². The summed E-state index contributed by atoms with van der Waals surface area (Å²) in [7, 11) is 1.80. The summed E-state index contributed by atoms with van der Waals surface area (Å²) in [6.45, 7) is 1.14. The summed E-state index contributed by atoms with van der Waals surface area (Å²) in [5.41, 5.74) is 0.223. The van der Waals surface area contributed by atoms with Gasteiger partial charge in [0, 0.05) is 6.54 Å². The Balaban J connectivity index is 2.72. The second-order valence-electron chi connectivity index (χ2n) is 2.70. The number of rotatable bonds is 4. The maximum absolute atomic E-state index is 12.7. The van der Waals surface area contributed by atoms with Gasteiger partial charge in [0.2, 0.25) is 0 Å². The molecule has 0 unspecified atom stereocenters. The maximum atomic E-state index is 12.7. The molecule has 14 heavy (non-hydrogen) atoms. The first kappa shape index (κ1) is 10.5. The number of ether oxygens (including phenoxy) is 1. The first-order chi connectivity index (χ1) is 6.77. The third kappa shape index (κ3) is 2.71. The molecule has 0 spiro atoms. The zero-order valence-electron chi connectivity index (χ0n) is 7.88. The Morgan fingerprint density at radius 2 is 2.36 bits per heavy atom. The second-order valence-corrected chi connectivity index (χ2v) is 2.70. The smallest absolute Gasteiger partial charge is 0.137 e. The standard InChI is InChI=1S/C10H11FN2O/c1-13-4-5-14-10-3-2-9(11)6-8(10)7-12/h2-3,6,13H,4-5H2,1H3. The molecule has 0 saturated carbocycles. The summed E-state index contributed by atoms with van der Waals surface area (Å²) in [5.74, 6) is -0.00772. The van der Waals surface area contributed by atoms with Gasteiger partial charge in [-0.3, -0.25) is 0 Å². The van der Waals surface area contributed by atoms with Gasteiger partial charge in [-0.1, -0.05) is 0 Å². The first-order valence-corrected chi connectivity index (χ1v) is 4.25. The number of benzene rings is 1. The van der Waals surface area contributed by atoms with Crippen LogP contribution in [0.2, 0.25) is 0 Å². The van der Waals surface area contributed by atoms with Crippen LogP contribution in [0.4, 0.5) is 4.39 Å². The Morgan fingerprint density at radius 1 is 1.57 bits per heavy atom. The Hall–Kier alpha value is -1.60. The molecular formula is C10H11FN2O. The fraction of sp³-hybridized carbons (Fsp3) is 0.300. The molecule has 0 atom stereocenters. The van der Waals surface area contributed by atoms with Crippen LogP contribution in [0.3, 0.4) is 0 Å². The summed E-state index contributed by atoms with van der Waals surface area (Å²) >= 11 is 0. The van der Waals surface area contributed by atoms with E-state index in [-0.39, 0.29) is 5.56 Å². The highest BCUT2D eigenvalue weighted by Crippen LogP contribution is 2.18. The van der Waals surface area contributed by atoms with Crippen molar-refractivity contribution in [1.29, 1.82) is 5.26 Å². The molecule has 0 radical (unpaired) electrons. The first-order valence-electron chi connectivity index (χ1n) is 4.25. The van der Waals surface area contributed by atoms with Crippen molar-refractivity contribution in [3.8, 4) is 11.8 Å². The Labute approximate surface area is 82.1 Å². The van der Waals surface area contributed by atoms with Gasteiger partial charge in [0.15, 0.2) is 0 Å². The van der Waals surface area contributed by atoms with Crippen molar-refractivity contribution in [3.63, 3.8) is 0 Å². The molecule has 4 heteroatoms. The van der Waals surface area contributed by atoms with Crippen molar-refractivity contribution >= 4 is 0 Å². The van der Waals surface area contributed by atoms with E-state index < -0.39 is 5.82 Å². The minimum atomic E-state index is -0.428. The van der Waals surface area contributed by atoms with E-state index in [0.717, 1.165) is 6.07 Å². The SMILES string of the molecule is CNCCOc1ccc(F)cc1C#N. The van der Waals surface area contributed by atoms with Gasteiger partial charge >= 0.3 is 0 Å². The largest absolute Gasteiger partial charge is 0.491 e. The van der Waals surface area contributed by atoms with Crippen LogP contribution in [-0.4, -0.2) is 20.2 Å². The lowest BCUT2D eigenvalue weighted by molar-refractivity contribution is 0.317. The van der Waals surface area contributed by atoms with Crippen LogP contribution in [-0.2, 0) is 0 Å². The fourth-order valence-corrected chi connectivity index (χ4v) is 0.978. The molecule has 0 aliphatic heterocycles. The van der Waals surface area contributed by atoms with E-state index in [9.17, 15) is 4.39 Å². The molecule has 1 aromatic rings. The topological polar surface area (TPSA) is 45.0 Å². The van der Waals surface area contributed by atoms with Gasteiger partial charge in [-0.05, 0) is 25.2 Å². The lowest BCUT2D eigenvalue weighted by atomic mass is 10.2. The van der Waals surface area contributed by atoms with Crippen LogP contribution in [0, 0.1) is 17.1 Å². The number of nitrogens with zero attached hydrogens (tertiary/aromatic N) is 1. The van der Waals surface area contributed by atoms with Gasteiger partial charge in [-0.15, -0.1) is 0 Å². The van der Waals surface area contributed by atoms with Crippen LogP contribution < -0.4 is 10.1 Å². The minimum absolute atomic E-state index is 0.223. The van der Waals surface area contributed by atoms with Gasteiger partial charge in [-0.25, -0.2) is 4.39 Å². The van der Waals surface area contributed by atoms with E-state index in [1.807, 2.05) is 6.07 Å².